The Hall–Kier alpha value is -0.450. The van der Waals surface area contributed by atoms with Crippen LogP contribution in [0.1, 0.15) is 12.8 Å². The molecule has 14 heavy (non-hydrogen) atoms. The highest BCUT2D eigenvalue weighted by molar-refractivity contribution is 5.89. The molecule has 1 radical (unpaired) electrons. The summed E-state index contributed by atoms with van der Waals surface area (Å²) in [6.45, 7) is 3.50. The van der Waals surface area contributed by atoms with Crippen LogP contribution in [0.2, 0.25) is 0 Å². The van der Waals surface area contributed by atoms with E-state index in [1.54, 1.807) is 0 Å². The predicted octanol–water partition coefficient (Wildman–Crippen LogP) is -0.774. The molecule has 2 rings (SSSR count). The third kappa shape index (κ3) is 1.97. The molecular formula is C10H18N3O. The molecule has 1 N–H and O–H groups in total. The van der Waals surface area contributed by atoms with Crippen LogP contribution in [0.5, 0.6) is 0 Å². The molecule has 0 aliphatic carbocycles. The highest BCUT2D eigenvalue weighted by Gasteiger charge is 2.33. The van der Waals surface area contributed by atoms with Crippen LogP contribution in [-0.4, -0.2) is 56.0 Å². The Labute approximate surface area is 85.0 Å². The monoisotopic (exact) mass is 196 g/mol. The number of nitrogens with zero attached hydrogens (tertiary/aromatic N) is 2. The lowest BCUT2D eigenvalue weighted by molar-refractivity contribution is -0.125. The van der Waals surface area contributed by atoms with Gasteiger partial charge in [0.2, 0.25) is 0 Å². The number of piperazine rings is 1. The van der Waals surface area contributed by atoms with Crippen LogP contribution in [0, 0.1) is 0 Å². The quantitative estimate of drug-likeness (QED) is 0.630. The second-order valence-corrected chi connectivity index (χ2v) is 4.17. The molecular weight excluding hydrogens is 178 g/mol. The molecule has 2 aliphatic heterocycles. The second kappa shape index (κ2) is 4.38. The van der Waals surface area contributed by atoms with Crippen molar-refractivity contribution in [3.63, 3.8) is 0 Å². The number of likely N-dealkylation sites (N-methyl/N-ethyl adjacent to an activating group) is 1. The van der Waals surface area contributed by atoms with E-state index in [0.29, 0.717) is 5.78 Å². The van der Waals surface area contributed by atoms with E-state index in [0.717, 1.165) is 39.0 Å². The first-order chi connectivity index (χ1) is 6.79. The maximum absolute atomic E-state index is 12.0. The van der Waals surface area contributed by atoms with Crippen LogP contribution in [0.3, 0.4) is 0 Å². The molecule has 0 spiro atoms. The minimum absolute atomic E-state index is 0.0886. The van der Waals surface area contributed by atoms with Gasteiger partial charge in [-0.25, -0.2) is 5.32 Å². The summed E-state index contributed by atoms with van der Waals surface area (Å²) in [5, 5.41) is 7.59. The smallest absolute Gasteiger partial charge is 0.169 e. The van der Waals surface area contributed by atoms with E-state index in [1.807, 2.05) is 7.05 Å². The van der Waals surface area contributed by atoms with Gasteiger partial charge in [-0.15, -0.1) is 0 Å². The zero-order valence-electron chi connectivity index (χ0n) is 8.70. The number of carbonyl (C=O) groups is 1. The first kappa shape index (κ1) is 10.1. The van der Waals surface area contributed by atoms with Gasteiger partial charge < -0.3 is 5.32 Å². The van der Waals surface area contributed by atoms with Gasteiger partial charge in [0, 0.05) is 19.6 Å². The first-order valence-electron chi connectivity index (χ1n) is 5.40. The standard InChI is InChI=1S/C10H18N3O/c1-13-6-2-3-9(13)10(14)8-7-11-4-5-12-8/h8-9,11H,2-7H2,1H3/t8?,9-/m0/s1. The fraction of sp³-hybridized carbons (Fsp3) is 0.900. The molecule has 0 bridgehead atoms. The highest BCUT2D eigenvalue weighted by Crippen LogP contribution is 2.17. The minimum atomic E-state index is -0.0886. The topological polar surface area (TPSA) is 46.4 Å². The summed E-state index contributed by atoms with van der Waals surface area (Å²) < 4.78 is 0. The molecule has 2 heterocycles. The van der Waals surface area contributed by atoms with Crippen molar-refractivity contribution in [1.82, 2.24) is 15.5 Å². The SMILES string of the molecule is CN1CCC[C@H]1C(=O)C1CNCC[N]1. The number of ketones is 1. The Kier molecular flexibility index (Phi) is 3.15. The van der Waals surface area contributed by atoms with Crippen LogP contribution in [0.25, 0.3) is 0 Å². The number of carbonyl (C=O) groups excluding carboxylic acids is 1. The summed E-state index contributed by atoms with van der Waals surface area (Å²) in [4.78, 5) is 14.2. The van der Waals surface area contributed by atoms with Crippen molar-refractivity contribution in [1.29, 1.82) is 0 Å². The minimum Gasteiger partial charge on any atom is -0.313 e. The van der Waals surface area contributed by atoms with Crippen LogP contribution in [-0.2, 0) is 4.79 Å². The number of rotatable bonds is 2. The van der Waals surface area contributed by atoms with Crippen molar-refractivity contribution in [2.75, 3.05) is 33.2 Å². The van der Waals surface area contributed by atoms with Gasteiger partial charge in [0.25, 0.3) is 0 Å². The van der Waals surface area contributed by atoms with Crippen molar-refractivity contribution in [2.45, 2.75) is 24.9 Å². The van der Waals surface area contributed by atoms with Crippen LogP contribution >= 0.6 is 0 Å². The Morgan fingerprint density at radius 1 is 1.57 bits per heavy atom. The molecule has 2 saturated heterocycles. The molecule has 0 amide bonds. The largest absolute Gasteiger partial charge is 0.313 e. The van der Waals surface area contributed by atoms with E-state index in [9.17, 15) is 4.79 Å². The third-order valence-electron chi connectivity index (χ3n) is 3.15. The number of Topliss-reactive ketones (excluding diaryl/α,β-unsaturated/α-hetero) is 1. The Morgan fingerprint density at radius 2 is 2.43 bits per heavy atom. The van der Waals surface area contributed by atoms with E-state index in [-0.39, 0.29) is 12.1 Å². The number of hydrogen-bond donors (Lipinski definition) is 1. The van der Waals surface area contributed by atoms with Gasteiger partial charge in [0.1, 0.15) is 0 Å². The van der Waals surface area contributed by atoms with Crippen LogP contribution in [0.15, 0.2) is 0 Å². The fourth-order valence-corrected chi connectivity index (χ4v) is 2.29. The maximum atomic E-state index is 12.0. The number of likely N-dealkylation sites (tertiary alicyclic amines) is 1. The molecule has 4 heteroatoms. The van der Waals surface area contributed by atoms with Crippen molar-refractivity contribution in [3.05, 3.63) is 0 Å². The van der Waals surface area contributed by atoms with Crippen molar-refractivity contribution < 1.29 is 4.79 Å². The third-order valence-corrected chi connectivity index (χ3v) is 3.15. The normalized spacial score (nSPS) is 34.6. The lowest BCUT2D eigenvalue weighted by Gasteiger charge is -2.26. The Balaban J connectivity index is 1.92. The second-order valence-electron chi connectivity index (χ2n) is 4.17. The zero-order chi connectivity index (χ0) is 9.97. The van der Waals surface area contributed by atoms with Gasteiger partial charge in [0.15, 0.2) is 5.78 Å². The van der Waals surface area contributed by atoms with E-state index in [1.165, 1.54) is 0 Å². The average Bonchev–Trinajstić information content (AvgIpc) is 2.65. The molecule has 0 aromatic carbocycles. The Bertz CT molecular complexity index is 213. The van der Waals surface area contributed by atoms with Gasteiger partial charge >= 0.3 is 0 Å². The van der Waals surface area contributed by atoms with Gasteiger partial charge in [-0.2, -0.15) is 0 Å². The summed E-state index contributed by atoms with van der Waals surface area (Å²) in [6, 6.07) is 0.0398. The lowest BCUT2D eigenvalue weighted by Crippen LogP contribution is -2.53. The van der Waals surface area contributed by atoms with Crippen molar-refractivity contribution >= 4 is 5.78 Å². The summed E-state index contributed by atoms with van der Waals surface area (Å²) in [7, 11) is 2.03. The number of nitrogens with one attached hydrogen (secondary N) is 1. The Morgan fingerprint density at radius 3 is 3.00 bits per heavy atom. The molecule has 0 aromatic rings. The molecule has 2 fully saturated rings. The maximum Gasteiger partial charge on any atom is 0.169 e. The van der Waals surface area contributed by atoms with Gasteiger partial charge in [-0.05, 0) is 26.4 Å². The first-order valence-corrected chi connectivity index (χ1v) is 5.40. The zero-order valence-corrected chi connectivity index (χ0v) is 8.70. The summed E-state index contributed by atoms with van der Waals surface area (Å²) >= 11 is 0. The average molecular weight is 196 g/mol. The highest BCUT2D eigenvalue weighted by atomic mass is 16.1. The molecule has 1 unspecified atom stereocenters. The molecule has 0 aromatic heterocycles. The molecule has 4 nitrogen and oxygen atoms in total. The summed E-state index contributed by atoms with van der Waals surface area (Å²) in [6.07, 6.45) is 2.16. The van der Waals surface area contributed by atoms with Crippen molar-refractivity contribution in [3.8, 4) is 0 Å². The summed E-state index contributed by atoms with van der Waals surface area (Å²) in [5.41, 5.74) is 0. The van der Waals surface area contributed by atoms with E-state index < -0.39 is 0 Å². The molecule has 79 valence electrons. The van der Waals surface area contributed by atoms with Crippen molar-refractivity contribution in [2.24, 2.45) is 0 Å². The van der Waals surface area contributed by atoms with Crippen LogP contribution in [0.4, 0.5) is 0 Å². The van der Waals surface area contributed by atoms with E-state index in [4.69, 9.17) is 0 Å². The van der Waals surface area contributed by atoms with Gasteiger partial charge in [-0.1, -0.05) is 0 Å². The van der Waals surface area contributed by atoms with E-state index in [2.05, 4.69) is 15.5 Å². The van der Waals surface area contributed by atoms with Gasteiger partial charge in [-0.3, -0.25) is 9.69 Å². The molecule has 0 saturated carbocycles. The fourth-order valence-electron chi connectivity index (χ4n) is 2.29. The molecule has 2 aliphatic rings. The number of hydrogen-bond acceptors (Lipinski definition) is 3. The molecule has 2 atom stereocenters. The van der Waals surface area contributed by atoms with E-state index >= 15 is 0 Å². The van der Waals surface area contributed by atoms with Crippen LogP contribution < -0.4 is 10.6 Å². The predicted molar refractivity (Wildman–Crippen MR) is 54.3 cm³/mol. The van der Waals surface area contributed by atoms with Gasteiger partial charge in [0.05, 0.1) is 12.1 Å². The summed E-state index contributed by atoms with van der Waals surface area (Å²) in [5.74, 6) is 0.317. The lowest BCUT2D eigenvalue weighted by atomic mass is 10.0.